The van der Waals surface area contributed by atoms with Gasteiger partial charge in [0, 0.05) is 12.5 Å². The minimum atomic E-state index is -0.0325. The highest BCUT2D eigenvalue weighted by atomic mass is 16.5. The second-order valence-corrected chi connectivity index (χ2v) is 3.68. The van der Waals surface area contributed by atoms with Crippen LogP contribution >= 0.6 is 0 Å². The lowest BCUT2D eigenvalue weighted by Gasteiger charge is -2.10. The average molecular weight is 232 g/mol. The number of nitriles is 1. The lowest BCUT2D eigenvalue weighted by molar-refractivity contribution is -0.116. The molecule has 0 aliphatic carbocycles. The third kappa shape index (κ3) is 3.80. The van der Waals surface area contributed by atoms with Crippen molar-refractivity contribution in [3.8, 4) is 11.8 Å². The minimum Gasteiger partial charge on any atom is -0.495 e. The Labute approximate surface area is 101 Å². The number of anilines is 1. The van der Waals surface area contributed by atoms with Gasteiger partial charge in [0.2, 0.25) is 5.91 Å². The van der Waals surface area contributed by atoms with Crippen molar-refractivity contribution in [3.63, 3.8) is 0 Å². The zero-order chi connectivity index (χ0) is 12.7. The highest BCUT2D eigenvalue weighted by Crippen LogP contribution is 2.25. The molecule has 1 N–H and O–H groups in total. The van der Waals surface area contributed by atoms with Gasteiger partial charge in [0.1, 0.15) is 5.75 Å². The molecule has 0 radical (unpaired) electrons. The third-order valence-corrected chi connectivity index (χ3v) is 2.36. The molecule has 0 heterocycles. The SMILES string of the molecule is CCCCC(=O)Nc1ccc(C#N)cc1OC. The minimum absolute atomic E-state index is 0.0325. The number of carbonyl (C=O) groups is 1. The molecule has 90 valence electrons. The Balaban J connectivity index is 2.77. The Morgan fingerprint density at radius 2 is 2.29 bits per heavy atom. The van der Waals surface area contributed by atoms with Crippen molar-refractivity contribution in [1.82, 2.24) is 0 Å². The highest BCUT2D eigenvalue weighted by Gasteiger charge is 2.07. The summed E-state index contributed by atoms with van der Waals surface area (Å²) in [7, 11) is 1.51. The number of ether oxygens (including phenoxy) is 1. The van der Waals surface area contributed by atoms with E-state index in [1.165, 1.54) is 7.11 Å². The van der Waals surface area contributed by atoms with Crippen LogP contribution < -0.4 is 10.1 Å². The fourth-order valence-corrected chi connectivity index (χ4v) is 1.41. The molecule has 17 heavy (non-hydrogen) atoms. The quantitative estimate of drug-likeness (QED) is 0.849. The van der Waals surface area contributed by atoms with Crippen LogP contribution in [0.5, 0.6) is 5.75 Å². The Morgan fingerprint density at radius 1 is 1.53 bits per heavy atom. The number of amides is 1. The van der Waals surface area contributed by atoms with Gasteiger partial charge in [-0.25, -0.2) is 0 Å². The van der Waals surface area contributed by atoms with Crippen LogP contribution in [-0.2, 0) is 4.79 Å². The molecule has 1 rings (SSSR count). The zero-order valence-corrected chi connectivity index (χ0v) is 10.1. The first-order valence-corrected chi connectivity index (χ1v) is 5.59. The molecular weight excluding hydrogens is 216 g/mol. The zero-order valence-electron chi connectivity index (χ0n) is 10.1. The topological polar surface area (TPSA) is 62.1 Å². The van der Waals surface area contributed by atoms with E-state index < -0.39 is 0 Å². The summed E-state index contributed by atoms with van der Waals surface area (Å²) in [5.74, 6) is 0.476. The summed E-state index contributed by atoms with van der Waals surface area (Å²) in [5.41, 5.74) is 1.11. The molecule has 1 amide bonds. The fourth-order valence-electron chi connectivity index (χ4n) is 1.41. The van der Waals surface area contributed by atoms with Gasteiger partial charge in [0.15, 0.2) is 0 Å². The van der Waals surface area contributed by atoms with Crippen molar-refractivity contribution in [2.45, 2.75) is 26.2 Å². The van der Waals surface area contributed by atoms with Crippen molar-refractivity contribution >= 4 is 11.6 Å². The molecule has 0 aliphatic heterocycles. The van der Waals surface area contributed by atoms with Gasteiger partial charge in [-0.3, -0.25) is 4.79 Å². The number of benzene rings is 1. The van der Waals surface area contributed by atoms with Crippen molar-refractivity contribution in [2.24, 2.45) is 0 Å². The summed E-state index contributed by atoms with van der Waals surface area (Å²) >= 11 is 0. The number of nitrogens with one attached hydrogen (secondary N) is 1. The van der Waals surface area contributed by atoms with Crippen LogP contribution in [0.4, 0.5) is 5.69 Å². The van der Waals surface area contributed by atoms with Gasteiger partial charge in [-0.1, -0.05) is 13.3 Å². The van der Waals surface area contributed by atoms with Crippen LogP contribution in [0.1, 0.15) is 31.7 Å². The fraction of sp³-hybridized carbons (Fsp3) is 0.385. The van der Waals surface area contributed by atoms with E-state index in [1.807, 2.05) is 13.0 Å². The first-order chi connectivity index (χ1) is 8.21. The highest BCUT2D eigenvalue weighted by molar-refractivity contribution is 5.92. The number of methoxy groups -OCH3 is 1. The van der Waals surface area contributed by atoms with E-state index in [1.54, 1.807) is 18.2 Å². The predicted molar refractivity (Wildman–Crippen MR) is 65.9 cm³/mol. The molecule has 4 heteroatoms. The monoisotopic (exact) mass is 232 g/mol. The molecule has 0 aromatic heterocycles. The van der Waals surface area contributed by atoms with Crippen LogP contribution in [0.25, 0.3) is 0 Å². The summed E-state index contributed by atoms with van der Waals surface area (Å²) < 4.78 is 5.13. The van der Waals surface area contributed by atoms with Gasteiger partial charge >= 0.3 is 0 Å². The molecule has 0 aliphatic rings. The molecule has 0 fully saturated rings. The largest absolute Gasteiger partial charge is 0.495 e. The van der Waals surface area contributed by atoms with E-state index in [4.69, 9.17) is 10.00 Å². The van der Waals surface area contributed by atoms with E-state index >= 15 is 0 Å². The van der Waals surface area contributed by atoms with Crippen LogP contribution in [0, 0.1) is 11.3 Å². The van der Waals surface area contributed by atoms with Crippen molar-refractivity contribution in [2.75, 3.05) is 12.4 Å². The average Bonchev–Trinajstić information content (AvgIpc) is 2.36. The summed E-state index contributed by atoms with van der Waals surface area (Å²) in [4.78, 5) is 11.6. The maximum absolute atomic E-state index is 11.6. The molecule has 1 aromatic carbocycles. The second kappa shape index (κ2) is 6.54. The maximum Gasteiger partial charge on any atom is 0.224 e. The van der Waals surface area contributed by atoms with Crippen LogP contribution in [0.15, 0.2) is 18.2 Å². The summed E-state index contributed by atoms with van der Waals surface area (Å²) in [6.07, 6.45) is 2.35. The molecule has 4 nitrogen and oxygen atoms in total. The number of hydrogen-bond acceptors (Lipinski definition) is 3. The van der Waals surface area contributed by atoms with E-state index in [9.17, 15) is 4.79 Å². The lowest BCUT2D eigenvalue weighted by atomic mass is 10.2. The van der Waals surface area contributed by atoms with Gasteiger partial charge in [-0.2, -0.15) is 5.26 Å². The maximum atomic E-state index is 11.6. The van der Waals surface area contributed by atoms with Gasteiger partial charge < -0.3 is 10.1 Å². The van der Waals surface area contributed by atoms with Gasteiger partial charge in [0.25, 0.3) is 0 Å². The molecule has 0 saturated carbocycles. The Hall–Kier alpha value is -2.02. The third-order valence-electron chi connectivity index (χ3n) is 2.36. The second-order valence-electron chi connectivity index (χ2n) is 3.68. The van der Waals surface area contributed by atoms with Gasteiger partial charge in [-0.05, 0) is 18.6 Å². The van der Waals surface area contributed by atoms with E-state index in [0.717, 1.165) is 12.8 Å². The van der Waals surface area contributed by atoms with E-state index in [2.05, 4.69) is 5.32 Å². The Kier molecular flexibility index (Phi) is 5.02. The number of hydrogen-bond donors (Lipinski definition) is 1. The molecule has 0 unspecified atom stereocenters. The number of nitrogens with zero attached hydrogens (tertiary/aromatic N) is 1. The molecule has 1 aromatic rings. The number of rotatable bonds is 5. The number of unbranched alkanes of at least 4 members (excludes halogenated alkanes) is 1. The van der Waals surface area contributed by atoms with Crippen LogP contribution in [-0.4, -0.2) is 13.0 Å². The summed E-state index contributed by atoms with van der Waals surface area (Å²) in [5, 5.41) is 11.5. The van der Waals surface area contributed by atoms with Gasteiger partial charge in [-0.15, -0.1) is 0 Å². The standard InChI is InChI=1S/C13H16N2O2/c1-3-4-5-13(16)15-11-7-6-10(9-14)8-12(11)17-2/h6-8H,3-5H2,1-2H3,(H,15,16). The summed E-state index contributed by atoms with van der Waals surface area (Å²) in [6.45, 7) is 2.04. The Bertz CT molecular complexity index is 436. The van der Waals surface area contributed by atoms with Crippen LogP contribution in [0.2, 0.25) is 0 Å². The van der Waals surface area contributed by atoms with Crippen LogP contribution in [0.3, 0.4) is 0 Å². The molecule has 0 bridgehead atoms. The summed E-state index contributed by atoms with van der Waals surface area (Å²) in [6, 6.07) is 6.96. The first-order valence-electron chi connectivity index (χ1n) is 5.59. The smallest absolute Gasteiger partial charge is 0.224 e. The van der Waals surface area contributed by atoms with E-state index in [0.29, 0.717) is 23.4 Å². The first kappa shape index (κ1) is 13.0. The molecule has 0 spiro atoms. The van der Waals surface area contributed by atoms with Crippen molar-refractivity contribution < 1.29 is 9.53 Å². The van der Waals surface area contributed by atoms with Gasteiger partial charge in [0.05, 0.1) is 24.4 Å². The Morgan fingerprint density at radius 3 is 2.88 bits per heavy atom. The molecule has 0 atom stereocenters. The van der Waals surface area contributed by atoms with E-state index in [-0.39, 0.29) is 5.91 Å². The normalized spacial score (nSPS) is 9.47. The molecular formula is C13H16N2O2. The predicted octanol–water partition coefficient (Wildman–Crippen LogP) is 2.70. The van der Waals surface area contributed by atoms with Crippen molar-refractivity contribution in [1.29, 1.82) is 5.26 Å². The lowest BCUT2D eigenvalue weighted by Crippen LogP contribution is -2.11. The molecule has 0 saturated heterocycles. The van der Waals surface area contributed by atoms with Crippen molar-refractivity contribution in [3.05, 3.63) is 23.8 Å². The number of carbonyl (C=O) groups excluding carboxylic acids is 1.